The Morgan fingerprint density at radius 2 is 1.97 bits per heavy atom. The maximum atomic E-state index is 13.1. The molecule has 0 fully saturated rings. The van der Waals surface area contributed by atoms with Gasteiger partial charge in [-0.15, -0.1) is 0 Å². The summed E-state index contributed by atoms with van der Waals surface area (Å²) in [6.45, 7) is 2.65. The summed E-state index contributed by atoms with van der Waals surface area (Å²) in [6.07, 6.45) is 3.44. The van der Waals surface area contributed by atoms with Crippen LogP contribution in [0.4, 0.5) is 11.4 Å². The normalized spacial score (nSPS) is 11.1. The van der Waals surface area contributed by atoms with Crippen molar-refractivity contribution in [2.75, 3.05) is 5.32 Å². The molecular formula is C24H16BrCl2N7O4. The third-order valence-electron chi connectivity index (χ3n) is 5.36. The molecule has 3 aromatic heterocycles. The number of non-ortho nitro benzene ring substituents is 1. The monoisotopic (exact) mass is 615 g/mol. The molecule has 38 heavy (non-hydrogen) atoms. The average molecular weight is 617 g/mol. The zero-order valence-electron chi connectivity index (χ0n) is 19.4. The zero-order chi connectivity index (χ0) is 27.0. The molecule has 3 heterocycles. The largest absolute Gasteiger partial charge is 0.455 e. The van der Waals surface area contributed by atoms with Crippen LogP contribution in [-0.2, 0) is 6.54 Å². The predicted octanol–water partition coefficient (Wildman–Crippen LogP) is 6.63. The quantitative estimate of drug-likeness (QED) is 0.160. The Hall–Kier alpha value is -4.00. The van der Waals surface area contributed by atoms with Gasteiger partial charge in [0.05, 0.1) is 31.9 Å². The molecule has 0 bridgehead atoms. The van der Waals surface area contributed by atoms with E-state index in [1.165, 1.54) is 40.9 Å². The Kier molecular flexibility index (Phi) is 7.02. The molecule has 0 aliphatic carbocycles. The van der Waals surface area contributed by atoms with E-state index in [1.807, 2.05) is 13.1 Å². The lowest BCUT2D eigenvalue weighted by Gasteiger charge is -2.10. The number of halogens is 3. The number of anilines is 1. The van der Waals surface area contributed by atoms with Crippen molar-refractivity contribution in [1.82, 2.24) is 24.4 Å². The Balaban J connectivity index is 1.46. The highest BCUT2D eigenvalue weighted by atomic mass is 79.9. The zero-order valence-corrected chi connectivity index (χ0v) is 22.5. The number of fused-ring (bicyclic) bond motifs is 1. The van der Waals surface area contributed by atoms with Crippen LogP contribution in [-0.4, -0.2) is 35.2 Å². The van der Waals surface area contributed by atoms with Crippen LogP contribution >= 0.6 is 39.1 Å². The van der Waals surface area contributed by atoms with Crippen LogP contribution in [0, 0.1) is 10.1 Å². The summed E-state index contributed by atoms with van der Waals surface area (Å²) in [7, 11) is 0. The van der Waals surface area contributed by atoms with E-state index in [2.05, 4.69) is 36.4 Å². The minimum absolute atomic E-state index is 0.0470. The number of amides is 1. The number of aryl methyl sites for hydroxylation is 1. The number of hydrogen-bond acceptors (Lipinski definition) is 7. The molecule has 0 aliphatic rings. The molecule has 5 rings (SSSR count). The number of ether oxygens (including phenoxy) is 1. The van der Waals surface area contributed by atoms with Gasteiger partial charge in [-0.2, -0.15) is 10.2 Å². The van der Waals surface area contributed by atoms with E-state index in [0.717, 1.165) is 4.47 Å². The fourth-order valence-electron chi connectivity index (χ4n) is 3.62. The van der Waals surface area contributed by atoms with Gasteiger partial charge >= 0.3 is 0 Å². The fraction of sp³-hybridized carbons (Fsp3) is 0.0833. The first-order valence-electron chi connectivity index (χ1n) is 11.0. The SMILES string of the molecule is CCn1cc(Br)c(-c2ccnc3cc(C(=O)Nc4cc(Oc5ccc(Cl)cc5Cl)cc([N+](=O)[O-])c4)nn23)n1. The van der Waals surface area contributed by atoms with E-state index in [9.17, 15) is 14.9 Å². The molecule has 2 aromatic carbocycles. The molecule has 5 aromatic rings. The standard InChI is InChI=1S/C24H16BrCl2N7O4/c1-2-32-12-17(25)23(31-32)20-5-6-28-22-11-19(30-33(20)22)24(35)29-14-8-15(34(36)37)10-16(9-14)38-21-4-3-13(26)7-18(21)27/h3-12H,2H2,1H3,(H,29,35). The molecule has 0 spiro atoms. The number of benzene rings is 2. The molecule has 0 saturated carbocycles. The molecular weight excluding hydrogens is 601 g/mol. The second kappa shape index (κ2) is 10.4. The number of aromatic nitrogens is 5. The van der Waals surface area contributed by atoms with E-state index < -0.39 is 10.8 Å². The van der Waals surface area contributed by atoms with Crippen LogP contribution in [0.5, 0.6) is 11.5 Å². The van der Waals surface area contributed by atoms with Crippen molar-refractivity contribution in [2.24, 2.45) is 0 Å². The second-order valence-electron chi connectivity index (χ2n) is 7.91. The molecule has 0 unspecified atom stereocenters. The van der Waals surface area contributed by atoms with E-state index in [-0.39, 0.29) is 33.6 Å². The lowest BCUT2D eigenvalue weighted by molar-refractivity contribution is -0.384. The Morgan fingerprint density at radius 3 is 2.68 bits per heavy atom. The van der Waals surface area contributed by atoms with Crippen LogP contribution in [0.15, 0.2) is 65.4 Å². The van der Waals surface area contributed by atoms with Gasteiger partial charge in [-0.1, -0.05) is 23.2 Å². The molecule has 0 atom stereocenters. The number of hydrogen-bond donors (Lipinski definition) is 1. The Bertz CT molecular complexity index is 1720. The smallest absolute Gasteiger partial charge is 0.276 e. The summed E-state index contributed by atoms with van der Waals surface area (Å²) in [4.78, 5) is 28.3. The second-order valence-corrected chi connectivity index (χ2v) is 9.61. The van der Waals surface area contributed by atoms with Gasteiger partial charge in [0.2, 0.25) is 0 Å². The Morgan fingerprint density at radius 1 is 1.16 bits per heavy atom. The summed E-state index contributed by atoms with van der Waals surface area (Å²) < 4.78 is 9.76. The highest BCUT2D eigenvalue weighted by molar-refractivity contribution is 9.10. The van der Waals surface area contributed by atoms with E-state index in [0.29, 0.717) is 28.6 Å². The third-order valence-corrected chi connectivity index (χ3v) is 6.47. The molecule has 1 amide bonds. The van der Waals surface area contributed by atoms with Crippen molar-refractivity contribution < 1.29 is 14.5 Å². The topological polar surface area (TPSA) is 129 Å². The molecule has 0 radical (unpaired) electrons. The van der Waals surface area contributed by atoms with Crippen molar-refractivity contribution in [3.63, 3.8) is 0 Å². The van der Waals surface area contributed by atoms with Crippen molar-refractivity contribution in [3.05, 3.63) is 91.3 Å². The van der Waals surface area contributed by atoms with Crippen LogP contribution in [0.3, 0.4) is 0 Å². The van der Waals surface area contributed by atoms with Gasteiger partial charge in [0, 0.05) is 42.2 Å². The lowest BCUT2D eigenvalue weighted by atomic mass is 10.2. The predicted molar refractivity (Wildman–Crippen MR) is 145 cm³/mol. The van der Waals surface area contributed by atoms with E-state index in [4.69, 9.17) is 27.9 Å². The summed E-state index contributed by atoms with van der Waals surface area (Å²) in [5.41, 5.74) is 1.56. The van der Waals surface area contributed by atoms with Crippen LogP contribution in [0.25, 0.3) is 17.0 Å². The molecule has 14 heteroatoms. The average Bonchev–Trinajstić information content (AvgIpc) is 3.49. The van der Waals surface area contributed by atoms with Crippen molar-refractivity contribution in [3.8, 4) is 22.9 Å². The number of nitrogens with zero attached hydrogens (tertiary/aromatic N) is 6. The fourth-order valence-corrected chi connectivity index (χ4v) is 4.58. The first-order chi connectivity index (χ1) is 18.2. The van der Waals surface area contributed by atoms with Gasteiger partial charge in [0.1, 0.15) is 17.2 Å². The number of rotatable bonds is 7. The van der Waals surface area contributed by atoms with Crippen molar-refractivity contribution >= 4 is 62.1 Å². The summed E-state index contributed by atoms with van der Waals surface area (Å²) in [5.74, 6) is -0.269. The van der Waals surface area contributed by atoms with E-state index >= 15 is 0 Å². The molecule has 0 saturated heterocycles. The van der Waals surface area contributed by atoms with Gasteiger partial charge < -0.3 is 10.1 Å². The first-order valence-corrected chi connectivity index (χ1v) is 12.6. The number of carbonyl (C=O) groups excluding carboxylic acids is 1. The van der Waals surface area contributed by atoms with Gasteiger partial charge in [0.15, 0.2) is 11.3 Å². The number of carbonyl (C=O) groups is 1. The minimum Gasteiger partial charge on any atom is -0.455 e. The number of nitro benzene ring substituents is 1. The molecule has 0 aliphatic heterocycles. The van der Waals surface area contributed by atoms with Crippen LogP contribution in [0.2, 0.25) is 10.0 Å². The van der Waals surface area contributed by atoms with Crippen LogP contribution < -0.4 is 10.1 Å². The number of nitrogens with one attached hydrogen (secondary N) is 1. The van der Waals surface area contributed by atoms with Crippen molar-refractivity contribution in [2.45, 2.75) is 13.5 Å². The summed E-state index contributed by atoms with van der Waals surface area (Å²) in [6, 6.07) is 11.7. The highest BCUT2D eigenvalue weighted by Gasteiger charge is 2.19. The molecule has 192 valence electrons. The van der Waals surface area contributed by atoms with Gasteiger partial charge in [-0.3, -0.25) is 19.6 Å². The van der Waals surface area contributed by atoms with Crippen LogP contribution in [0.1, 0.15) is 17.4 Å². The van der Waals surface area contributed by atoms with Gasteiger partial charge in [-0.05, 0) is 47.1 Å². The molecule has 1 N–H and O–H groups in total. The third kappa shape index (κ3) is 5.19. The lowest BCUT2D eigenvalue weighted by Crippen LogP contribution is -2.13. The maximum Gasteiger partial charge on any atom is 0.276 e. The molecule has 11 nitrogen and oxygen atoms in total. The Labute approximate surface area is 233 Å². The van der Waals surface area contributed by atoms with E-state index in [1.54, 1.807) is 23.0 Å². The van der Waals surface area contributed by atoms with Gasteiger partial charge in [-0.25, -0.2) is 9.50 Å². The highest BCUT2D eigenvalue weighted by Crippen LogP contribution is 2.35. The van der Waals surface area contributed by atoms with Crippen molar-refractivity contribution in [1.29, 1.82) is 0 Å². The minimum atomic E-state index is -0.601. The van der Waals surface area contributed by atoms with Gasteiger partial charge in [0.25, 0.3) is 11.6 Å². The number of nitro groups is 1. The maximum absolute atomic E-state index is 13.1. The summed E-state index contributed by atoms with van der Waals surface area (Å²) in [5, 5.41) is 23.7. The summed E-state index contributed by atoms with van der Waals surface area (Å²) >= 11 is 15.6. The first kappa shape index (κ1) is 25.6.